The highest BCUT2D eigenvalue weighted by molar-refractivity contribution is 4.38. The van der Waals surface area contributed by atoms with Gasteiger partial charge in [-0.2, -0.15) is 0 Å². The van der Waals surface area contributed by atoms with Crippen molar-refractivity contribution in [1.82, 2.24) is 0 Å². The van der Waals surface area contributed by atoms with Gasteiger partial charge < -0.3 is 21.9 Å². The van der Waals surface area contributed by atoms with Crippen molar-refractivity contribution in [1.29, 1.82) is 0 Å². The lowest BCUT2D eigenvalue weighted by Gasteiger charge is -1.87. The van der Waals surface area contributed by atoms with Crippen molar-refractivity contribution >= 4 is 0 Å². The third-order valence-electron chi connectivity index (χ3n) is 0.658. The molecule has 0 aliphatic heterocycles. The maximum Gasteiger partial charge on any atom is 0.291 e. The van der Waals surface area contributed by atoms with Crippen LogP contribution in [0.15, 0.2) is 0 Å². The first-order chi connectivity index (χ1) is 6.38. The molecule has 0 aromatic rings. The Kier molecular flexibility index (Phi) is 22.6. The predicted octanol–water partition coefficient (Wildman–Crippen LogP) is -1.01. The van der Waals surface area contributed by atoms with Crippen molar-refractivity contribution in [2.45, 2.75) is 12.8 Å². The van der Waals surface area contributed by atoms with Gasteiger partial charge in [0.25, 0.3) is 10.2 Å². The zero-order valence-corrected chi connectivity index (χ0v) is 7.40. The summed E-state index contributed by atoms with van der Waals surface area (Å²) in [6.07, 6.45) is 2.13. The molecule has 0 saturated carbocycles. The number of unbranched alkanes of at least 4 members (excludes halogenated alkanes) is 1. The van der Waals surface area contributed by atoms with E-state index in [9.17, 15) is 0 Å². The molecule has 0 bridgehead atoms. The highest BCUT2D eigenvalue weighted by atomic mass is 16.9. The van der Waals surface area contributed by atoms with E-state index in [4.69, 9.17) is 42.1 Å². The minimum atomic E-state index is -1.50. The topological polar surface area (TPSA) is 179 Å². The standard InChI is InChI=1S/C4H12N2.2HNO3/c5-3-1-2-4-6;2*2-1(3)4/h1-6H2;2*(H,2,3,4). The Morgan fingerprint density at radius 3 is 1.14 bits per heavy atom. The normalized spacial score (nSPS) is 7.29. The second-order valence-corrected chi connectivity index (χ2v) is 1.76. The van der Waals surface area contributed by atoms with Gasteiger partial charge in [0.1, 0.15) is 0 Å². The number of nitrogens with two attached hydrogens (primary N) is 2. The van der Waals surface area contributed by atoms with Crippen molar-refractivity contribution in [2.75, 3.05) is 13.1 Å². The smallest absolute Gasteiger partial charge is 0.291 e. The molecule has 0 saturated heterocycles. The fourth-order valence-electron chi connectivity index (χ4n) is 0.289. The van der Waals surface area contributed by atoms with E-state index in [1.54, 1.807) is 0 Å². The van der Waals surface area contributed by atoms with Crippen LogP contribution < -0.4 is 11.5 Å². The second kappa shape index (κ2) is 17.4. The molecule has 0 spiro atoms. The fourth-order valence-corrected chi connectivity index (χ4v) is 0.289. The lowest BCUT2D eigenvalue weighted by Crippen LogP contribution is -2.03. The Morgan fingerprint density at radius 1 is 0.929 bits per heavy atom. The van der Waals surface area contributed by atoms with Gasteiger partial charge in [-0.25, -0.2) is 0 Å². The summed E-state index contributed by atoms with van der Waals surface area (Å²) in [6, 6.07) is 0. The van der Waals surface area contributed by atoms with Crippen molar-refractivity contribution < 1.29 is 20.6 Å². The fraction of sp³-hybridized carbons (Fsp3) is 1.00. The number of nitrogens with zero attached hydrogens (tertiary/aromatic N) is 2. The molecule has 0 aromatic heterocycles. The Bertz CT molecular complexity index is 118. The number of hydrogen-bond acceptors (Lipinski definition) is 6. The highest BCUT2D eigenvalue weighted by Crippen LogP contribution is 1.77. The molecule has 0 atom stereocenters. The van der Waals surface area contributed by atoms with Crippen LogP contribution in [-0.2, 0) is 0 Å². The van der Waals surface area contributed by atoms with Gasteiger partial charge in [-0.1, -0.05) is 0 Å². The van der Waals surface area contributed by atoms with E-state index >= 15 is 0 Å². The second-order valence-electron chi connectivity index (χ2n) is 1.76. The molecule has 0 aliphatic carbocycles. The zero-order valence-electron chi connectivity index (χ0n) is 7.40. The zero-order chi connectivity index (χ0) is 12.0. The van der Waals surface area contributed by atoms with Gasteiger partial charge in [0, 0.05) is 0 Å². The van der Waals surface area contributed by atoms with Gasteiger partial charge >= 0.3 is 0 Å². The molecule has 0 amide bonds. The minimum Gasteiger partial charge on any atom is -0.330 e. The molecule has 10 nitrogen and oxygen atoms in total. The van der Waals surface area contributed by atoms with E-state index in [1.807, 2.05) is 0 Å². The third kappa shape index (κ3) is 514. The van der Waals surface area contributed by atoms with Crippen LogP contribution in [0.4, 0.5) is 0 Å². The van der Waals surface area contributed by atoms with Crippen molar-refractivity contribution in [3.63, 3.8) is 0 Å². The third-order valence-corrected chi connectivity index (χ3v) is 0.658. The summed E-state index contributed by atoms with van der Waals surface area (Å²) in [7, 11) is 0. The van der Waals surface area contributed by atoms with E-state index in [-0.39, 0.29) is 0 Å². The van der Waals surface area contributed by atoms with E-state index < -0.39 is 10.2 Å². The van der Waals surface area contributed by atoms with Gasteiger partial charge in [-0.15, -0.1) is 20.2 Å². The van der Waals surface area contributed by atoms with Crippen LogP contribution >= 0.6 is 0 Å². The Hall–Kier alpha value is -1.68. The minimum absolute atomic E-state index is 0.775. The van der Waals surface area contributed by atoms with Gasteiger partial charge in [0.05, 0.1) is 0 Å². The van der Waals surface area contributed by atoms with Crippen molar-refractivity contribution in [3.05, 3.63) is 20.2 Å². The Morgan fingerprint density at radius 2 is 1.07 bits per heavy atom. The lowest BCUT2D eigenvalue weighted by molar-refractivity contribution is -0.742. The molecular formula is C4H14N4O6. The molecule has 0 aromatic carbocycles. The molecule has 0 radical (unpaired) electrons. The monoisotopic (exact) mass is 214 g/mol. The van der Waals surface area contributed by atoms with E-state index in [0.29, 0.717) is 0 Å². The number of rotatable bonds is 3. The van der Waals surface area contributed by atoms with Crippen LogP contribution in [0.1, 0.15) is 12.8 Å². The largest absolute Gasteiger partial charge is 0.330 e. The van der Waals surface area contributed by atoms with Crippen molar-refractivity contribution in [3.8, 4) is 0 Å². The van der Waals surface area contributed by atoms with E-state index in [2.05, 4.69) is 0 Å². The molecule has 86 valence electrons. The molecule has 10 heteroatoms. The summed E-state index contributed by atoms with van der Waals surface area (Å²) in [5.74, 6) is 0. The van der Waals surface area contributed by atoms with Gasteiger partial charge in [0.2, 0.25) is 0 Å². The maximum absolute atomic E-state index is 8.36. The summed E-state index contributed by atoms with van der Waals surface area (Å²) in [5.41, 5.74) is 10.3. The summed E-state index contributed by atoms with van der Waals surface area (Å²) >= 11 is 0. The van der Waals surface area contributed by atoms with E-state index in [1.165, 1.54) is 0 Å². The molecule has 0 rings (SSSR count). The lowest BCUT2D eigenvalue weighted by atomic mass is 10.3. The molecule has 0 fully saturated rings. The average molecular weight is 214 g/mol. The molecule has 0 unspecified atom stereocenters. The van der Waals surface area contributed by atoms with Gasteiger partial charge in [-0.3, -0.25) is 0 Å². The molecule has 0 aliphatic rings. The molecule has 14 heavy (non-hydrogen) atoms. The van der Waals surface area contributed by atoms with Crippen LogP contribution in [-0.4, -0.2) is 33.7 Å². The Labute approximate surface area is 79.3 Å². The van der Waals surface area contributed by atoms with Gasteiger partial charge in [0.15, 0.2) is 0 Å². The molecule has 0 heterocycles. The summed E-state index contributed by atoms with van der Waals surface area (Å²) < 4.78 is 0. The SMILES string of the molecule is NCCCCN.O=[N+]([O-])O.O=[N+]([O-])O. The van der Waals surface area contributed by atoms with Crippen molar-refractivity contribution in [2.24, 2.45) is 11.5 Å². The summed E-state index contributed by atoms with van der Waals surface area (Å²) in [6.45, 7) is 1.55. The van der Waals surface area contributed by atoms with Crippen LogP contribution in [0.25, 0.3) is 0 Å². The maximum atomic E-state index is 8.36. The van der Waals surface area contributed by atoms with Crippen LogP contribution in [0, 0.1) is 20.2 Å². The highest BCUT2D eigenvalue weighted by Gasteiger charge is 1.75. The first-order valence-electron chi connectivity index (χ1n) is 3.45. The Balaban J connectivity index is -0.000000135. The van der Waals surface area contributed by atoms with E-state index in [0.717, 1.165) is 25.9 Å². The summed E-state index contributed by atoms with van der Waals surface area (Å²) in [4.78, 5) is 16.7. The number of hydrogen-bond donors (Lipinski definition) is 4. The first kappa shape index (κ1) is 18.2. The van der Waals surface area contributed by atoms with Crippen LogP contribution in [0.2, 0.25) is 0 Å². The van der Waals surface area contributed by atoms with Gasteiger partial charge in [-0.05, 0) is 25.9 Å². The first-order valence-corrected chi connectivity index (χ1v) is 3.45. The molecule has 6 N–H and O–H groups in total. The average Bonchev–Trinajstić information content (AvgIpc) is 1.98. The molecular weight excluding hydrogens is 200 g/mol. The van der Waals surface area contributed by atoms with Crippen LogP contribution in [0.3, 0.4) is 0 Å². The predicted molar refractivity (Wildman–Crippen MR) is 44.9 cm³/mol. The quantitative estimate of drug-likeness (QED) is 0.262. The summed E-state index contributed by atoms with van der Waals surface area (Å²) in [5, 5.41) is 27.3. The van der Waals surface area contributed by atoms with Crippen LogP contribution in [0.5, 0.6) is 0 Å².